The van der Waals surface area contributed by atoms with Gasteiger partial charge in [0, 0.05) is 18.5 Å². The molecule has 0 aliphatic carbocycles. The SMILES string of the molecule is CCCC(CCO)CNC(=O)c1c(Cl)ccc2ccoc12. The van der Waals surface area contributed by atoms with Crippen molar-refractivity contribution in [1.29, 1.82) is 0 Å². The average Bonchev–Trinajstić information content (AvgIpc) is 2.93. The molecule has 0 fully saturated rings. The van der Waals surface area contributed by atoms with Crippen LogP contribution in [0.5, 0.6) is 0 Å². The Bertz CT molecular complexity index is 603. The lowest BCUT2D eigenvalue weighted by Crippen LogP contribution is -2.30. The molecule has 0 aliphatic heterocycles. The number of amides is 1. The molecule has 0 bridgehead atoms. The first-order chi connectivity index (χ1) is 10.2. The Balaban J connectivity index is 2.11. The summed E-state index contributed by atoms with van der Waals surface area (Å²) in [5.41, 5.74) is 0.882. The molecular formula is C16H20ClNO3. The Morgan fingerprint density at radius 1 is 1.38 bits per heavy atom. The summed E-state index contributed by atoms with van der Waals surface area (Å²) in [4.78, 5) is 12.4. The van der Waals surface area contributed by atoms with Crippen LogP contribution < -0.4 is 5.32 Å². The maximum atomic E-state index is 12.4. The molecule has 4 nitrogen and oxygen atoms in total. The molecule has 21 heavy (non-hydrogen) atoms. The molecule has 1 unspecified atom stereocenters. The number of fused-ring (bicyclic) bond motifs is 1. The van der Waals surface area contributed by atoms with Gasteiger partial charge in [-0.3, -0.25) is 4.79 Å². The van der Waals surface area contributed by atoms with Gasteiger partial charge in [-0.2, -0.15) is 0 Å². The second-order valence-electron chi connectivity index (χ2n) is 5.14. The van der Waals surface area contributed by atoms with Crippen LogP contribution in [0.4, 0.5) is 0 Å². The second kappa shape index (κ2) is 7.48. The van der Waals surface area contributed by atoms with Crippen LogP contribution in [0.3, 0.4) is 0 Å². The maximum Gasteiger partial charge on any atom is 0.256 e. The largest absolute Gasteiger partial charge is 0.463 e. The first-order valence-electron chi connectivity index (χ1n) is 7.22. The number of rotatable bonds is 7. The highest BCUT2D eigenvalue weighted by Crippen LogP contribution is 2.27. The highest BCUT2D eigenvalue weighted by molar-refractivity contribution is 6.35. The molecule has 0 saturated heterocycles. The highest BCUT2D eigenvalue weighted by Gasteiger charge is 2.18. The summed E-state index contributed by atoms with van der Waals surface area (Å²) < 4.78 is 5.37. The van der Waals surface area contributed by atoms with Crippen LogP contribution in [-0.2, 0) is 0 Å². The minimum atomic E-state index is -0.236. The van der Waals surface area contributed by atoms with Crippen molar-refractivity contribution in [2.45, 2.75) is 26.2 Å². The molecule has 2 aromatic rings. The van der Waals surface area contributed by atoms with E-state index in [0.29, 0.717) is 29.1 Å². The number of halogens is 1. The van der Waals surface area contributed by atoms with Gasteiger partial charge in [-0.25, -0.2) is 0 Å². The van der Waals surface area contributed by atoms with E-state index in [0.717, 1.165) is 18.2 Å². The number of aliphatic hydroxyl groups excluding tert-OH is 1. The fraction of sp³-hybridized carbons (Fsp3) is 0.438. The zero-order valence-electron chi connectivity index (χ0n) is 12.1. The zero-order chi connectivity index (χ0) is 15.2. The number of carbonyl (C=O) groups is 1. The van der Waals surface area contributed by atoms with E-state index in [9.17, 15) is 4.79 Å². The predicted octanol–water partition coefficient (Wildman–Crippen LogP) is 3.61. The quantitative estimate of drug-likeness (QED) is 0.821. The molecule has 1 aromatic heterocycles. The third-order valence-electron chi connectivity index (χ3n) is 3.58. The fourth-order valence-corrected chi connectivity index (χ4v) is 2.72. The lowest BCUT2D eigenvalue weighted by molar-refractivity contribution is 0.0943. The summed E-state index contributed by atoms with van der Waals surface area (Å²) in [7, 11) is 0. The summed E-state index contributed by atoms with van der Waals surface area (Å²) in [6, 6.07) is 5.32. The van der Waals surface area contributed by atoms with Gasteiger partial charge in [0.15, 0.2) is 0 Å². The molecule has 114 valence electrons. The fourth-order valence-electron chi connectivity index (χ4n) is 2.48. The van der Waals surface area contributed by atoms with Crippen LogP contribution in [0.15, 0.2) is 28.9 Å². The van der Waals surface area contributed by atoms with E-state index in [1.54, 1.807) is 18.4 Å². The van der Waals surface area contributed by atoms with E-state index in [-0.39, 0.29) is 18.4 Å². The van der Waals surface area contributed by atoms with E-state index in [1.165, 1.54) is 0 Å². The van der Waals surface area contributed by atoms with Crippen LogP contribution in [0.25, 0.3) is 11.0 Å². The summed E-state index contributed by atoms with van der Waals surface area (Å²) >= 11 is 6.13. The molecule has 1 heterocycles. The summed E-state index contributed by atoms with van der Waals surface area (Å²) in [6.07, 6.45) is 4.23. The van der Waals surface area contributed by atoms with Crippen LogP contribution in [0.2, 0.25) is 5.02 Å². The molecule has 1 atom stereocenters. The zero-order valence-corrected chi connectivity index (χ0v) is 12.8. The van der Waals surface area contributed by atoms with E-state index >= 15 is 0 Å². The molecule has 2 N–H and O–H groups in total. The van der Waals surface area contributed by atoms with Crippen LogP contribution >= 0.6 is 11.6 Å². The van der Waals surface area contributed by atoms with Gasteiger partial charge in [-0.1, -0.05) is 24.9 Å². The molecule has 5 heteroatoms. The average molecular weight is 310 g/mol. The van der Waals surface area contributed by atoms with Crippen LogP contribution in [0.1, 0.15) is 36.5 Å². The van der Waals surface area contributed by atoms with Gasteiger partial charge in [-0.05, 0) is 37.0 Å². The topological polar surface area (TPSA) is 62.5 Å². The van der Waals surface area contributed by atoms with Crippen molar-refractivity contribution in [3.63, 3.8) is 0 Å². The van der Waals surface area contributed by atoms with Gasteiger partial charge in [0.05, 0.1) is 11.3 Å². The third-order valence-corrected chi connectivity index (χ3v) is 3.90. The molecule has 0 aliphatic rings. The smallest absolute Gasteiger partial charge is 0.256 e. The first-order valence-corrected chi connectivity index (χ1v) is 7.60. The Labute approximate surface area is 129 Å². The highest BCUT2D eigenvalue weighted by atomic mass is 35.5. The molecule has 2 rings (SSSR count). The lowest BCUT2D eigenvalue weighted by Gasteiger charge is -2.16. The number of hydrogen-bond donors (Lipinski definition) is 2. The van der Waals surface area contributed by atoms with E-state index in [1.807, 2.05) is 6.07 Å². The molecule has 1 amide bonds. The first kappa shape index (κ1) is 15.9. The summed E-state index contributed by atoms with van der Waals surface area (Å²) in [6.45, 7) is 2.75. The molecule has 0 radical (unpaired) electrons. The van der Waals surface area contributed by atoms with Crippen LogP contribution in [-0.4, -0.2) is 24.2 Å². The molecule has 1 aromatic carbocycles. The van der Waals surface area contributed by atoms with E-state index < -0.39 is 0 Å². The third kappa shape index (κ3) is 3.77. The minimum absolute atomic E-state index is 0.134. The number of furan rings is 1. The lowest BCUT2D eigenvalue weighted by atomic mass is 10.00. The van der Waals surface area contributed by atoms with Crippen molar-refractivity contribution in [2.24, 2.45) is 5.92 Å². The monoisotopic (exact) mass is 309 g/mol. The van der Waals surface area contributed by atoms with Gasteiger partial charge in [-0.15, -0.1) is 0 Å². The van der Waals surface area contributed by atoms with E-state index in [4.69, 9.17) is 21.1 Å². The van der Waals surface area contributed by atoms with Gasteiger partial charge >= 0.3 is 0 Å². The maximum absolute atomic E-state index is 12.4. The van der Waals surface area contributed by atoms with Crippen molar-refractivity contribution in [2.75, 3.05) is 13.2 Å². The Hall–Kier alpha value is -1.52. The normalized spacial score (nSPS) is 12.5. The molecular weight excluding hydrogens is 290 g/mol. The second-order valence-corrected chi connectivity index (χ2v) is 5.55. The predicted molar refractivity (Wildman–Crippen MR) is 83.7 cm³/mol. The van der Waals surface area contributed by atoms with Gasteiger partial charge < -0.3 is 14.8 Å². The van der Waals surface area contributed by atoms with Crippen molar-refractivity contribution < 1.29 is 14.3 Å². The van der Waals surface area contributed by atoms with Crippen molar-refractivity contribution in [3.8, 4) is 0 Å². The summed E-state index contributed by atoms with van der Waals surface area (Å²) in [5, 5.41) is 13.2. The standard InChI is InChI=1S/C16H20ClNO3/c1-2-3-11(6-8-19)10-18-16(20)14-13(17)5-4-12-7-9-21-15(12)14/h4-5,7,9,11,19H,2-3,6,8,10H2,1H3,(H,18,20). The van der Waals surface area contributed by atoms with Gasteiger partial charge in [0.25, 0.3) is 5.91 Å². The van der Waals surface area contributed by atoms with Crippen molar-refractivity contribution >= 4 is 28.5 Å². The van der Waals surface area contributed by atoms with Crippen molar-refractivity contribution in [3.05, 3.63) is 35.0 Å². The van der Waals surface area contributed by atoms with Crippen LogP contribution in [0, 0.1) is 5.92 Å². The summed E-state index contributed by atoms with van der Waals surface area (Å²) in [5.74, 6) is 0.0399. The Morgan fingerprint density at radius 3 is 2.90 bits per heavy atom. The number of nitrogens with one attached hydrogen (secondary N) is 1. The Morgan fingerprint density at radius 2 is 2.19 bits per heavy atom. The molecule has 0 spiro atoms. The number of benzene rings is 1. The minimum Gasteiger partial charge on any atom is -0.463 e. The van der Waals surface area contributed by atoms with E-state index in [2.05, 4.69) is 12.2 Å². The molecule has 0 saturated carbocycles. The number of carbonyl (C=O) groups excluding carboxylic acids is 1. The van der Waals surface area contributed by atoms with Crippen molar-refractivity contribution in [1.82, 2.24) is 5.32 Å². The van der Waals surface area contributed by atoms with Gasteiger partial charge in [0.1, 0.15) is 11.1 Å². The van der Waals surface area contributed by atoms with Gasteiger partial charge in [0.2, 0.25) is 0 Å². The number of hydrogen-bond acceptors (Lipinski definition) is 3. The number of aliphatic hydroxyl groups is 1. The Kier molecular flexibility index (Phi) is 5.65.